The molecular formula is C13H19ClN2O3S. The predicted molar refractivity (Wildman–Crippen MR) is 78.5 cm³/mol. The van der Waals surface area contributed by atoms with Crippen molar-refractivity contribution in [1.82, 2.24) is 9.62 Å². The summed E-state index contributed by atoms with van der Waals surface area (Å²) in [6.45, 7) is 2.80. The minimum atomic E-state index is -3.50. The third kappa shape index (κ3) is 4.43. The number of rotatable bonds is 5. The van der Waals surface area contributed by atoms with Crippen LogP contribution in [-0.2, 0) is 14.8 Å². The van der Waals surface area contributed by atoms with Crippen molar-refractivity contribution in [1.29, 1.82) is 0 Å². The fourth-order valence-corrected chi connectivity index (χ4v) is 3.46. The Bertz CT molecular complexity index is 550. The Morgan fingerprint density at radius 1 is 1.50 bits per heavy atom. The van der Waals surface area contributed by atoms with Crippen molar-refractivity contribution in [3.8, 4) is 0 Å². The number of benzene rings is 1. The number of halogens is 1. The van der Waals surface area contributed by atoms with Crippen molar-refractivity contribution in [2.75, 3.05) is 33.3 Å². The molecule has 0 bridgehead atoms. The van der Waals surface area contributed by atoms with E-state index in [0.717, 1.165) is 13.1 Å². The second kappa shape index (κ2) is 6.87. The third-order valence-electron chi connectivity index (χ3n) is 3.21. The van der Waals surface area contributed by atoms with E-state index in [1.165, 1.54) is 12.1 Å². The van der Waals surface area contributed by atoms with Gasteiger partial charge in [0.2, 0.25) is 10.0 Å². The van der Waals surface area contributed by atoms with Crippen LogP contribution in [-0.4, -0.2) is 52.7 Å². The minimum absolute atomic E-state index is 0.0795. The van der Waals surface area contributed by atoms with Crippen LogP contribution < -0.4 is 4.72 Å². The molecule has 1 aromatic carbocycles. The largest absolute Gasteiger partial charge is 0.376 e. The van der Waals surface area contributed by atoms with E-state index in [-0.39, 0.29) is 11.0 Å². The fourth-order valence-electron chi connectivity index (χ4n) is 2.11. The van der Waals surface area contributed by atoms with Gasteiger partial charge in [-0.15, -0.1) is 0 Å². The summed E-state index contributed by atoms with van der Waals surface area (Å²) in [7, 11) is -1.47. The topological polar surface area (TPSA) is 58.6 Å². The summed E-state index contributed by atoms with van der Waals surface area (Å²) in [5.41, 5.74) is 0. The van der Waals surface area contributed by atoms with E-state index in [4.69, 9.17) is 16.3 Å². The number of nitrogens with one attached hydrogen (secondary N) is 1. The molecule has 0 saturated carbocycles. The van der Waals surface area contributed by atoms with Crippen LogP contribution in [0.25, 0.3) is 0 Å². The van der Waals surface area contributed by atoms with E-state index >= 15 is 0 Å². The number of hydrogen-bond donors (Lipinski definition) is 1. The van der Waals surface area contributed by atoms with E-state index in [9.17, 15) is 8.42 Å². The molecule has 0 aromatic heterocycles. The van der Waals surface area contributed by atoms with Gasteiger partial charge in [0.25, 0.3) is 0 Å². The molecule has 20 heavy (non-hydrogen) atoms. The molecule has 1 saturated heterocycles. The van der Waals surface area contributed by atoms with Gasteiger partial charge in [-0.25, -0.2) is 13.1 Å². The zero-order valence-electron chi connectivity index (χ0n) is 11.4. The Morgan fingerprint density at radius 3 is 3.00 bits per heavy atom. The average Bonchev–Trinajstić information content (AvgIpc) is 2.38. The molecule has 0 radical (unpaired) electrons. The van der Waals surface area contributed by atoms with Crippen molar-refractivity contribution in [2.45, 2.75) is 17.4 Å². The predicted octanol–water partition coefficient (Wildman–Crippen LogP) is 1.34. The maximum absolute atomic E-state index is 12.1. The minimum Gasteiger partial charge on any atom is -0.376 e. The van der Waals surface area contributed by atoms with Crippen LogP contribution in [0.3, 0.4) is 0 Å². The molecular weight excluding hydrogens is 300 g/mol. The van der Waals surface area contributed by atoms with E-state index in [1.54, 1.807) is 12.1 Å². The van der Waals surface area contributed by atoms with E-state index in [2.05, 4.69) is 9.62 Å². The molecule has 0 spiro atoms. The van der Waals surface area contributed by atoms with E-state index < -0.39 is 10.0 Å². The van der Waals surface area contributed by atoms with Gasteiger partial charge in [-0.1, -0.05) is 17.7 Å². The van der Waals surface area contributed by atoms with Crippen molar-refractivity contribution in [2.24, 2.45) is 0 Å². The Morgan fingerprint density at radius 2 is 2.30 bits per heavy atom. The van der Waals surface area contributed by atoms with Crippen LogP contribution in [0.4, 0.5) is 0 Å². The van der Waals surface area contributed by atoms with E-state index in [0.29, 0.717) is 24.6 Å². The van der Waals surface area contributed by atoms with Crippen LogP contribution in [0.1, 0.15) is 6.42 Å². The standard InChI is InChI=1S/C13H19ClN2O3S/c1-16-7-8-19-12(10-16)5-6-15-20(17,18)13-4-2-3-11(14)9-13/h2-4,9,12,15H,5-8,10H2,1H3. The highest BCUT2D eigenvalue weighted by Gasteiger charge is 2.19. The summed E-state index contributed by atoms with van der Waals surface area (Å²) >= 11 is 5.80. The SMILES string of the molecule is CN1CCOC(CCNS(=O)(=O)c2cccc(Cl)c2)C1. The van der Waals surface area contributed by atoms with Crippen molar-refractivity contribution in [3.63, 3.8) is 0 Å². The molecule has 2 rings (SSSR count). The zero-order valence-corrected chi connectivity index (χ0v) is 13.0. The van der Waals surface area contributed by atoms with Gasteiger partial charge in [-0.3, -0.25) is 0 Å². The third-order valence-corrected chi connectivity index (χ3v) is 4.90. The van der Waals surface area contributed by atoms with Gasteiger partial charge in [0.1, 0.15) is 0 Å². The normalized spacial score (nSPS) is 21.0. The number of nitrogens with zero attached hydrogens (tertiary/aromatic N) is 1. The summed E-state index contributed by atoms with van der Waals surface area (Å²) in [4.78, 5) is 2.37. The fraction of sp³-hybridized carbons (Fsp3) is 0.538. The van der Waals surface area contributed by atoms with Crippen molar-refractivity contribution < 1.29 is 13.2 Å². The first kappa shape index (κ1) is 15.7. The molecule has 1 atom stereocenters. The highest BCUT2D eigenvalue weighted by molar-refractivity contribution is 7.89. The molecule has 1 unspecified atom stereocenters. The Balaban J connectivity index is 1.86. The second-order valence-electron chi connectivity index (χ2n) is 4.90. The first-order chi connectivity index (χ1) is 9.47. The van der Waals surface area contributed by atoms with Crippen LogP contribution in [0.15, 0.2) is 29.2 Å². The van der Waals surface area contributed by atoms with Crippen LogP contribution in [0.2, 0.25) is 5.02 Å². The summed E-state index contributed by atoms with van der Waals surface area (Å²) in [5.74, 6) is 0. The molecule has 7 heteroatoms. The lowest BCUT2D eigenvalue weighted by atomic mass is 10.2. The van der Waals surface area contributed by atoms with Gasteiger partial charge in [0, 0.05) is 24.7 Å². The Hall–Kier alpha value is -0.660. The maximum atomic E-state index is 12.1. The number of hydrogen-bond acceptors (Lipinski definition) is 4. The lowest BCUT2D eigenvalue weighted by Crippen LogP contribution is -2.41. The smallest absolute Gasteiger partial charge is 0.240 e. The molecule has 0 aliphatic carbocycles. The van der Waals surface area contributed by atoms with Gasteiger partial charge in [-0.2, -0.15) is 0 Å². The summed E-state index contributed by atoms with van der Waals surface area (Å²) in [6, 6.07) is 6.23. The molecule has 112 valence electrons. The first-order valence-electron chi connectivity index (χ1n) is 6.53. The van der Waals surface area contributed by atoms with Crippen LogP contribution >= 0.6 is 11.6 Å². The number of sulfonamides is 1. The van der Waals surface area contributed by atoms with Gasteiger partial charge >= 0.3 is 0 Å². The lowest BCUT2D eigenvalue weighted by molar-refractivity contribution is -0.0222. The summed E-state index contributed by atoms with van der Waals surface area (Å²) in [6.07, 6.45) is 0.736. The molecule has 5 nitrogen and oxygen atoms in total. The summed E-state index contributed by atoms with van der Waals surface area (Å²) < 4.78 is 32.3. The van der Waals surface area contributed by atoms with Gasteiger partial charge in [0.15, 0.2) is 0 Å². The highest BCUT2D eigenvalue weighted by atomic mass is 35.5. The Kier molecular flexibility index (Phi) is 5.40. The first-order valence-corrected chi connectivity index (χ1v) is 8.39. The molecule has 1 aliphatic heterocycles. The van der Waals surface area contributed by atoms with Gasteiger partial charge in [0.05, 0.1) is 17.6 Å². The average molecular weight is 319 g/mol. The van der Waals surface area contributed by atoms with Crippen molar-refractivity contribution >= 4 is 21.6 Å². The molecule has 1 fully saturated rings. The summed E-state index contributed by atoms with van der Waals surface area (Å²) in [5, 5.41) is 0.408. The molecule has 1 N–H and O–H groups in total. The lowest BCUT2D eigenvalue weighted by Gasteiger charge is -2.30. The maximum Gasteiger partial charge on any atom is 0.240 e. The van der Waals surface area contributed by atoms with E-state index in [1.807, 2.05) is 7.05 Å². The number of likely N-dealkylation sites (N-methyl/N-ethyl adjacent to an activating group) is 1. The van der Waals surface area contributed by atoms with Crippen LogP contribution in [0, 0.1) is 0 Å². The van der Waals surface area contributed by atoms with Gasteiger partial charge < -0.3 is 9.64 Å². The van der Waals surface area contributed by atoms with Crippen LogP contribution in [0.5, 0.6) is 0 Å². The monoisotopic (exact) mass is 318 g/mol. The Labute approximate surface area is 124 Å². The molecule has 1 heterocycles. The van der Waals surface area contributed by atoms with Crippen molar-refractivity contribution in [3.05, 3.63) is 29.3 Å². The van der Waals surface area contributed by atoms with Gasteiger partial charge in [-0.05, 0) is 31.7 Å². The number of ether oxygens (including phenoxy) is 1. The zero-order chi connectivity index (χ0) is 14.6. The molecule has 1 aromatic rings. The molecule has 1 aliphatic rings. The molecule has 0 amide bonds. The highest BCUT2D eigenvalue weighted by Crippen LogP contribution is 2.15. The number of morpholine rings is 1. The quantitative estimate of drug-likeness (QED) is 0.890. The second-order valence-corrected chi connectivity index (χ2v) is 7.10.